The maximum Gasteiger partial charge on any atom is 0.338 e. The van der Waals surface area contributed by atoms with E-state index in [1.807, 2.05) is 29.8 Å². The first-order chi connectivity index (χ1) is 20.0. The van der Waals surface area contributed by atoms with Crippen molar-refractivity contribution in [3.05, 3.63) is 88.0 Å². The van der Waals surface area contributed by atoms with Gasteiger partial charge < -0.3 is 18.8 Å². The molecule has 1 aromatic heterocycles. The topological polar surface area (TPSA) is 65.8 Å². The fourth-order valence-electron chi connectivity index (χ4n) is 5.15. The molecule has 0 spiro atoms. The van der Waals surface area contributed by atoms with Crippen molar-refractivity contribution >= 4 is 28.6 Å². The minimum absolute atomic E-state index is 0.125. The molecule has 1 fully saturated rings. The van der Waals surface area contributed by atoms with Gasteiger partial charge in [-0.2, -0.15) is 0 Å². The van der Waals surface area contributed by atoms with Crippen molar-refractivity contribution in [1.29, 1.82) is 0 Å². The number of aryl methyl sites for hydroxylation is 1. The summed E-state index contributed by atoms with van der Waals surface area (Å²) in [5, 5.41) is 0.355. The molecule has 5 rings (SSSR count). The zero-order chi connectivity index (χ0) is 30.0. The van der Waals surface area contributed by atoms with Gasteiger partial charge in [-0.25, -0.2) is 14.2 Å². The highest BCUT2D eigenvalue weighted by atomic mass is 35.5. The molecule has 7 nitrogen and oxygen atoms in total. The second-order valence-electron chi connectivity index (χ2n) is 9.87. The summed E-state index contributed by atoms with van der Waals surface area (Å²) in [5.41, 5.74) is 3.07. The maximum absolute atomic E-state index is 14.1. The van der Waals surface area contributed by atoms with Gasteiger partial charge in [-0.05, 0) is 80.7 Å². The highest BCUT2D eigenvalue weighted by molar-refractivity contribution is 6.30. The number of halogens is 2. The second kappa shape index (κ2) is 12.3. The van der Waals surface area contributed by atoms with Crippen LogP contribution in [0.15, 0.2) is 54.6 Å². The third-order valence-electron chi connectivity index (χ3n) is 7.37. The van der Waals surface area contributed by atoms with Crippen LogP contribution in [-0.4, -0.2) is 47.2 Å². The Balaban J connectivity index is 1.25. The van der Waals surface area contributed by atoms with Crippen LogP contribution in [0.4, 0.5) is 4.39 Å². The van der Waals surface area contributed by atoms with Crippen LogP contribution in [0.5, 0.6) is 11.5 Å². The summed E-state index contributed by atoms with van der Waals surface area (Å²) in [6.45, 7) is 1.81. The van der Waals surface area contributed by atoms with E-state index in [4.69, 9.17) is 33.5 Å². The summed E-state index contributed by atoms with van der Waals surface area (Å²) in [4.78, 5) is 19.4. The van der Waals surface area contributed by atoms with E-state index in [-0.39, 0.29) is 23.7 Å². The molecule has 3 aromatic carbocycles. The summed E-state index contributed by atoms with van der Waals surface area (Å²) in [6, 6.07) is 15.7. The molecular formula is C31H33ClFN3O4. The van der Waals surface area contributed by atoms with Crippen LogP contribution in [0.1, 0.15) is 55.7 Å². The molecule has 1 aliphatic rings. The molecule has 0 N–H and O–H groups in total. The number of nitrogens with zero attached hydrogens (tertiary/aromatic N) is 3. The summed E-state index contributed by atoms with van der Waals surface area (Å²) >= 11 is 5.85. The van der Waals surface area contributed by atoms with E-state index in [0.717, 1.165) is 31.8 Å². The number of ether oxygens (including phenoxy) is 3. The van der Waals surface area contributed by atoms with E-state index in [0.29, 0.717) is 39.8 Å². The number of piperidine rings is 1. The average Bonchev–Trinajstić information content (AvgIpc) is 3.27. The van der Waals surface area contributed by atoms with Crippen molar-refractivity contribution in [2.45, 2.75) is 38.8 Å². The van der Waals surface area contributed by atoms with Crippen molar-refractivity contribution < 1.29 is 26.1 Å². The molecule has 4 aromatic rings. The van der Waals surface area contributed by atoms with E-state index < -0.39 is 12.5 Å². The predicted molar refractivity (Wildman–Crippen MR) is 153 cm³/mol. The van der Waals surface area contributed by atoms with Crippen LogP contribution >= 0.6 is 11.6 Å². The van der Waals surface area contributed by atoms with Gasteiger partial charge in [0.05, 0.1) is 34.0 Å². The Labute approximate surface area is 241 Å². The highest BCUT2D eigenvalue weighted by Crippen LogP contribution is 2.32. The van der Waals surface area contributed by atoms with E-state index in [1.165, 1.54) is 31.7 Å². The summed E-state index contributed by atoms with van der Waals surface area (Å²) in [6.07, 6.45) is 1.91. The number of hydrogen-bond acceptors (Lipinski definition) is 6. The molecule has 40 heavy (non-hydrogen) atoms. The fourth-order valence-corrected chi connectivity index (χ4v) is 5.31. The van der Waals surface area contributed by atoms with Crippen LogP contribution in [0, 0.1) is 5.82 Å². The molecule has 0 bridgehead atoms. The number of methoxy groups -OCH3 is 1. The minimum Gasteiger partial charge on any atom is -0.492 e. The first kappa shape index (κ1) is 25.4. The monoisotopic (exact) mass is 567 g/mol. The molecule has 1 saturated heterocycles. The average molecular weight is 568 g/mol. The van der Waals surface area contributed by atoms with Crippen molar-refractivity contribution in [2.24, 2.45) is 7.05 Å². The molecule has 0 aliphatic carbocycles. The molecule has 9 heteroatoms. The number of carbonyl (C=O) groups is 1. The molecular weight excluding hydrogens is 533 g/mol. The smallest absolute Gasteiger partial charge is 0.338 e. The van der Waals surface area contributed by atoms with E-state index in [9.17, 15) is 9.18 Å². The van der Waals surface area contributed by atoms with Crippen LogP contribution in [0.25, 0.3) is 11.0 Å². The number of imidazole rings is 1. The summed E-state index contributed by atoms with van der Waals surface area (Å²) < 4.78 is 48.1. The molecule has 1 aliphatic heterocycles. The molecule has 0 saturated carbocycles. The van der Waals surface area contributed by atoms with E-state index in [2.05, 4.69) is 11.0 Å². The highest BCUT2D eigenvalue weighted by Gasteiger charge is 2.24. The van der Waals surface area contributed by atoms with Crippen molar-refractivity contribution in [3.63, 3.8) is 0 Å². The van der Waals surface area contributed by atoms with Gasteiger partial charge in [0.25, 0.3) is 0 Å². The Morgan fingerprint density at radius 3 is 2.67 bits per heavy atom. The number of benzene rings is 3. The number of fused-ring (bicyclic) bond motifs is 1. The van der Waals surface area contributed by atoms with Crippen molar-refractivity contribution in [3.8, 4) is 11.5 Å². The lowest BCUT2D eigenvalue weighted by Crippen LogP contribution is -2.33. The summed E-state index contributed by atoms with van der Waals surface area (Å²) in [7, 11) is 3.18. The number of carbonyl (C=O) groups excluding carboxylic acids is 1. The Morgan fingerprint density at radius 1 is 1.15 bits per heavy atom. The molecule has 210 valence electrons. The van der Waals surface area contributed by atoms with E-state index in [1.54, 1.807) is 18.2 Å². The SMILES string of the molecule is [2H]C([2H])(C)Oc1cc(C(=O)OC)cc2c1nc(CN1CCC(c3cccc(OCc4ccc(Cl)cc4F)c3)CC1)n2C. The molecule has 2 heterocycles. The minimum atomic E-state index is -1.95. The lowest BCUT2D eigenvalue weighted by Gasteiger charge is -2.32. The molecule has 0 atom stereocenters. The lowest BCUT2D eigenvalue weighted by atomic mass is 9.89. The Bertz CT molecular complexity index is 1600. The van der Waals surface area contributed by atoms with Gasteiger partial charge in [-0.1, -0.05) is 29.8 Å². The number of hydrogen-bond donors (Lipinski definition) is 0. The first-order valence-electron chi connectivity index (χ1n) is 14.2. The standard InChI is InChI=1S/C31H33ClFN3O4/c1-4-39-28-16-23(31(37)38-3)15-27-30(28)34-29(35(27)2)18-36-12-10-20(11-13-36)21-6-5-7-25(14-21)40-19-22-8-9-24(32)17-26(22)33/h5-9,14-17,20H,4,10-13,18-19H2,1-3H3/i4D2. The van der Waals surface area contributed by atoms with Crippen LogP contribution in [-0.2, 0) is 24.9 Å². The Morgan fingerprint density at radius 2 is 1.95 bits per heavy atom. The van der Waals surface area contributed by atoms with Gasteiger partial charge in [0.1, 0.15) is 35.3 Å². The van der Waals surface area contributed by atoms with Gasteiger partial charge >= 0.3 is 5.97 Å². The normalized spacial score (nSPS) is 15.5. The van der Waals surface area contributed by atoms with E-state index >= 15 is 0 Å². The lowest BCUT2D eigenvalue weighted by molar-refractivity contribution is 0.0600. The summed E-state index contributed by atoms with van der Waals surface area (Å²) in [5.74, 6) is 1.13. The van der Waals surface area contributed by atoms with Crippen LogP contribution in [0.3, 0.4) is 0 Å². The van der Waals surface area contributed by atoms with Gasteiger partial charge in [-0.3, -0.25) is 4.90 Å². The number of rotatable bonds is 9. The third-order valence-corrected chi connectivity index (χ3v) is 7.60. The zero-order valence-electron chi connectivity index (χ0n) is 24.7. The van der Waals surface area contributed by atoms with Gasteiger partial charge in [0.15, 0.2) is 0 Å². The molecule has 0 unspecified atom stereocenters. The maximum atomic E-state index is 14.1. The fraction of sp³-hybridized carbons (Fsp3) is 0.355. The van der Waals surface area contributed by atoms with Crippen LogP contribution < -0.4 is 9.47 Å². The van der Waals surface area contributed by atoms with Gasteiger partial charge in [-0.15, -0.1) is 0 Å². The zero-order valence-corrected chi connectivity index (χ0v) is 23.5. The first-order valence-corrected chi connectivity index (χ1v) is 13.5. The quantitative estimate of drug-likeness (QED) is 0.215. The second-order valence-corrected chi connectivity index (χ2v) is 10.3. The number of esters is 1. The van der Waals surface area contributed by atoms with Crippen molar-refractivity contribution in [1.82, 2.24) is 14.5 Å². The Kier molecular flexibility index (Phi) is 7.78. The van der Waals surface area contributed by atoms with Gasteiger partial charge in [0.2, 0.25) is 0 Å². The molecule has 0 radical (unpaired) electrons. The largest absolute Gasteiger partial charge is 0.492 e. The number of aromatic nitrogens is 2. The Hall–Kier alpha value is -3.62. The third kappa shape index (κ3) is 6.08. The molecule has 0 amide bonds. The predicted octanol–water partition coefficient (Wildman–Crippen LogP) is 6.51. The van der Waals surface area contributed by atoms with Crippen molar-refractivity contribution in [2.75, 3.05) is 26.8 Å². The number of likely N-dealkylation sites (tertiary alicyclic amines) is 1. The van der Waals surface area contributed by atoms with Crippen LogP contribution in [0.2, 0.25) is 5.02 Å². The van der Waals surface area contributed by atoms with Gasteiger partial charge in [0, 0.05) is 17.6 Å².